The molecule has 1 aliphatic rings. The van der Waals surface area contributed by atoms with Crippen LogP contribution in [-0.2, 0) is 4.74 Å². The van der Waals surface area contributed by atoms with Crippen LogP contribution in [0.25, 0.3) is 0 Å². The molecule has 1 aliphatic heterocycles. The van der Waals surface area contributed by atoms with E-state index in [0.717, 1.165) is 26.2 Å². The molecule has 0 bridgehead atoms. The molecule has 1 rings (SSSR count). The molecule has 0 radical (unpaired) electrons. The molecule has 0 aromatic heterocycles. The number of nitrogens with one attached hydrogen (secondary N) is 2. The third-order valence-electron chi connectivity index (χ3n) is 2.87. The average molecular weight is 244 g/mol. The van der Waals surface area contributed by atoms with Crippen LogP contribution in [0.4, 0.5) is 4.79 Å². The van der Waals surface area contributed by atoms with Gasteiger partial charge in [0, 0.05) is 38.8 Å². The minimum absolute atomic E-state index is 0.236. The molecule has 0 aromatic rings. The number of urea groups is 1. The number of rotatable bonds is 6. The van der Waals surface area contributed by atoms with E-state index in [-0.39, 0.29) is 6.10 Å². The zero-order valence-corrected chi connectivity index (χ0v) is 10.7. The molecular weight excluding hydrogens is 220 g/mol. The van der Waals surface area contributed by atoms with E-state index in [9.17, 15) is 4.79 Å². The van der Waals surface area contributed by atoms with Crippen molar-refractivity contribution in [2.24, 2.45) is 5.73 Å². The Kier molecular flexibility index (Phi) is 6.25. The molecule has 2 amide bonds. The molecule has 0 aliphatic carbocycles. The quantitative estimate of drug-likeness (QED) is 0.543. The van der Waals surface area contributed by atoms with Crippen LogP contribution < -0.4 is 16.4 Å². The Morgan fingerprint density at radius 2 is 2.29 bits per heavy atom. The highest BCUT2D eigenvalue weighted by Gasteiger charge is 2.21. The summed E-state index contributed by atoms with van der Waals surface area (Å²) in [4.78, 5) is 12.8. The van der Waals surface area contributed by atoms with Gasteiger partial charge in [0.25, 0.3) is 0 Å². The fourth-order valence-electron chi connectivity index (χ4n) is 1.87. The molecule has 1 unspecified atom stereocenters. The number of hydrogen-bond acceptors (Lipinski definition) is 4. The molecule has 1 saturated heterocycles. The molecular formula is C11H24N4O2. The molecule has 100 valence electrons. The monoisotopic (exact) mass is 244 g/mol. The van der Waals surface area contributed by atoms with Crippen LogP contribution in [0.2, 0.25) is 0 Å². The highest BCUT2D eigenvalue weighted by atomic mass is 16.5. The summed E-state index contributed by atoms with van der Waals surface area (Å²) >= 11 is 0. The maximum atomic E-state index is 10.4. The number of morpholine rings is 1. The SMILES string of the molecule is CC(C)N1CCOC(CNCCNC(N)=O)C1. The molecule has 4 N–H and O–H groups in total. The van der Waals surface area contributed by atoms with E-state index in [1.807, 2.05) is 0 Å². The predicted molar refractivity (Wildman–Crippen MR) is 66.9 cm³/mol. The molecule has 6 nitrogen and oxygen atoms in total. The van der Waals surface area contributed by atoms with E-state index in [1.54, 1.807) is 0 Å². The molecule has 17 heavy (non-hydrogen) atoms. The van der Waals surface area contributed by atoms with Crippen molar-refractivity contribution >= 4 is 6.03 Å². The van der Waals surface area contributed by atoms with Gasteiger partial charge in [-0.1, -0.05) is 0 Å². The van der Waals surface area contributed by atoms with Crippen LogP contribution >= 0.6 is 0 Å². The predicted octanol–water partition coefficient (Wildman–Crippen LogP) is -0.646. The lowest BCUT2D eigenvalue weighted by Gasteiger charge is -2.35. The first-order valence-corrected chi connectivity index (χ1v) is 6.19. The number of primary amides is 1. The third kappa shape index (κ3) is 5.86. The lowest BCUT2D eigenvalue weighted by molar-refractivity contribution is -0.0369. The van der Waals surface area contributed by atoms with Gasteiger partial charge < -0.3 is 21.1 Å². The Hall–Kier alpha value is -0.850. The minimum atomic E-state index is -0.480. The maximum Gasteiger partial charge on any atom is 0.312 e. The van der Waals surface area contributed by atoms with Crippen LogP contribution in [0.15, 0.2) is 0 Å². The van der Waals surface area contributed by atoms with Gasteiger partial charge in [0.15, 0.2) is 0 Å². The topological polar surface area (TPSA) is 79.6 Å². The number of nitrogens with zero attached hydrogens (tertiary/aromatic N) is 1. The second kappa shape index (κ2) is 7.47. The fourth-order valence-corrected chi connectivity index (χ4v) is 1.87. The summed E-state index contributed by atoms with van der Waals surface area (Å²) in [6.45, 7) is 9.25. The van der Waals surface area contributed by atoms with E-state index in [1.165, 1.54) is 0 Å². The summed E-state index contributed by atoms with van der Waals surface area (Å²) in [7, 11) is 0. The number of ether oxygens (including phenoxy) is 1. The minimum Gasteiger partial charge on any atom is -0.374 e. The maximum absolute atomic E-state index is 10.4. The summed E-state index contributed by atoms with van der Waals surface area (Å²) in [6, 6.07) is 0.0876. The van der Waals surface area contributed by atoms with Crippen molar-refractivity contribution in [3.05, 3.63) is 0 Å². The first kappa shape index (κ1) is 14.2. The standard InChI is InChI=1S/C11H24N4O2/c1-9(2)15-5-6-17-10(8-15)7-13-3-4-14-11(12)16/h9-10,13H,3-8H2,1-2H3,(H3,12,14,16). The lowest BCUT2D eigenvalue weighted by atomic mass is 10.2. The van der Waals surface area contributed by atoms with Crippen molar-refractivity contribution in [2.45, 2.75) is 26.0 Å². The number of carbonyl (C=O) groups is 1. The van der Waals surface area contributed by atoms with Gasteiger partial charge in [-0.3, -0.25) is 4.90 Å². The molecule has 1 atom stereocenters. The summed E-state index contributed by atoms with van der Waals surface area (Å²) in [6.07, 6.45) is 0.236. The first-order chi connectivity index (χ1) is 8.09. The number of nitrogens with two attached hydrogens (primary N) is 1. The largest absolute Gasteiger partial charge is 0.374 e. The Bertz CT molecular complexity index is 236. The smallest absolute Gasteiger partial charge is 0.312 e. The van der Waals surface area contributed by atoms with E-state index in [0.29, 0.717) is 19.1 Å². The van der Waals surface area contributed by atoms with E-state index < -0.39 is 6.03 Å². The molecule has 6 heteroatoms. The Balaban J connectivity index is 2.08. The van der Waals surface area contributed by atoms with Crippen LogP contribution in [0.5, 0.6) is 0 Å². The van der Waals surface area contributed by atoms with Crippen molar-refractivity contribution in [1.82, 2.24) is 15.5 Å². The highest BCUT2D eigenvalue weighted by Crippen LogP contribution is 2.07. The second-order valence-corrected chi connectivity index (χ2v) is 4.58. The lowest BCUT2D eigenvalue weighted by Crippen LogP contribution is -2.49. The molecule has 0 spiro atoms. The van der Waals surface area contributed by atoms with E-state index in [4.69, 9.17) is 10.5 Å². The number of carbonyl (C=O) groups excluding carboxylic acids is 1. The van der Waals surface area contributed by atoms with Crippen molar-refractivity contribution in [1.29, 1.82) is 0 Å². The summed E-state index contributed by atoms with van der Waals surface area (Å²) in [5.41, 5.74) is 4.96. The Morgan fingerprint density at radius 1 is 1.53 bits per heavy atom. The van der Waals surface area contributed by atoms with Gasteiger partial charge in [-0.05, 0) is 13.8 Å². The zero-order chi connectivity index (χ0) is 12.7. The van der Waals surface area contributed by atoms with Crippen LogP contribution in [-0.4, -0.2) is 62.4 Å². The Morgan fingerprint density at radius 3 is 2.94 bits per heavy atom. The van der Waals surface area contributed by atoms with Gasteiger partial charge in [0.05, 0.1) is 12.7 Å². The van der Waals surface area contributed by atoms with Crippen molar-refractivity contribution < 1.29 is 9.53 Å². The Labute approximate surface area is 103 Å². The molecule has 0 aromatic carbocycles. The van der Waals surface area contributed by atoms with Gasteiger partial charge in [-0.15, -0.1) is 0 Å². The van der Waals surface area contributed by atoms with Gasteiger partial charge in [-0.25, -0.2) is 4.79 Å². The fraction of sp³-hybridized carbons (Fsp3) is 0.909. The van der Waals surface area contributed by atoms with Crippen molar-refractivity contribution in [3.8, 4) is 0 Å². The van der Waals surface area contributed by atoms with Crippen molar-refractivity contribution in [3.63, 3.8) is 0 Å². The average Bonchev–Trinajstić information content (AvgIpc) is 2.28. The number of amides is 2. The molecule has 0 saturated carbocycles. The van der Waals surface area contributed by atoms with Crippen LogP contribution in [0.1, 0.15) is 13.8 Å². The summed E-state index contributed by atoms with van der Waals surface area (Å²) in [5.74, 6) is 0. The normalized spacial score (nSPS) is 21.7. The summed E-state index contributed by atoms with van der Waals surface area (Å²) < 4.78 is 5.67. The highest BCUT2D eigenvalue weighted by molar-refractivity contribution is 5.71. The second-order valence-electron chi connectivity index (χ2n) is 4.58. The van der Waals surface area contributed by atoms with Crippen LogP contribution in [0, 0.1) is 0 Å². The van der Waals surface area contributed by atoms with E-state index >= 15 is 0 Å². The number of hydrogen-bond donors (Lipinski definition) is 3. The van der Waals surface area contributed by atoms with Gasteiger partial charge in [0.1, 0.15) is 0 Å². The molecule has 1 heterocycles. The van der Waals surface area contributed by atoms with Gasteiger partial charge >= 0.3 is 6.03 Å². The van der Waals surface area contributed by atoms with E-state index in [2.05, 4.69) is 29.4 Å². The van der Waals surface area contributed by atoms with Gasteiger partial charge in [0.2, 0.25) is 0 Å². The third-order valence-corrected chi connectivity index (χ3v) is 2.87. The van der Waals surface area contributed by atoms with Crippen molar-refractivity contribution in [2.75, 3.05) is 39.3 Å². The summed E-state index contributed by atoms with van der Waals surface area (Å²) in [5, 5.41) is 5.78. The van der Waals surface area contributed by atoms with Gasteiger partial charge in [-0.2, -0.15) is 0 Å². The first-order valence-electron chi connectivity index (χ1n) is 6.19. The van der Waals surface area contributed by atoms with Crippen LogP contribution in [0.3, 0.4) is 0 Å². The zero-order valence-electron chi connectivity index (χ0n) is 10.7. The molecule has 1 fully saturated rings.